The van der Waals surface area contributed by atoms with Gasteiger partial charge in [-0.3, -0.25) is 4.79 Å². The van der Waals surface area contributed by atoms with E-state index in [1.807, 2.05) is 0 Å². The maximum atomic E-state index is 11.3. The van der Waals surface area contributed by atoms with Crippen molar-refractivity contribution in [3.63, 3.8) is 0 Å². The van der Waals surface area contributed by atoms with Gasteiger partial charge in [0.2, 0.25) is 0 Å². The number of aliphatic hydroxyl groups is 1. The highest BCUT2D eigenvalue weighted by Crippen LogP contribution is 2.60. The summed E-state index contributed by atoms with van der Waals surface area (Å²) < 4.78 is 5.56. The summed E-state index contributed by atoms with van der Waals surface area (Å²) in [6, 6.07) is 0. The van der Waals surface area contributed by atoms with Crippen LogP contribution in [0.2, 0.25) is 0 Å². The molecule has 0 saturated heterocycles. The molecule has 0 aromatic heterocycles. The number of aliphatic hydroxyl groups excluding tert-OH is 1. The van der Waals surface area contributed by atoms with E-state index in [1.165, 1.54) is 13.3 Å². The molecular formula is C16H28O3. The molecule has 110 valence electrons. The Morgan fingerprint density at radius 1 is 1.37 bits per heavy atom. The van der Waals surface area contributed by atoms with Gasteiger partial charge >= 0.3 is 5.97 Å². The van der Waals surface area contributed by atoms with Crippen LogP contribution in [0.4, 0.5) is 0 Å². The van der Waals surface area contributed by atoms with Crippen LogP contribution in [0.15, 0.2) is 0 Å². The van der Waals surface area contributed by atoms with Gasteiger partial charge in [-0.25, -0.2) is 0 Å². The maximum absolute atomic E-state index is 11.3. The molecule has 0 spiro atoms. The second kappa shape index (κ2) is 5.08. The third kappa shape index (κ3) is 2.54. The van der Waals surface area contributed by atoms with Crippen LogP contribution in [0.3, 0.4) is 0 Å². The molecule has 0 aliphatic heterocycles. The zero-order valence-electron chi connectivity index (χ0n) is 12.7. The van der Waals surface area contributed by atoms with Crippen molar-refractivity contribution in [2.24, 2.45) is 22.7 Å². The Bertz CT molecular complexity index is 350. The lowest BCUT2D eigenvalue weighted by Gasteiger charge is -2.48. The van der Waals surface area contributed by atoms with E-state index in [1.54, 1.807) is 0 Å². The third-order valence-corrected chi connectivity index (χ3v) is 5.73. The van der Waals surface area contributed by atoms with Gasteiger partial charge in [-0.1, -0.05) is 20.8 Å². The number of carbonyl (C=O) groups excluding carboxylic acids is 1. The SMILES string of the molecule is CC(=O)O[C@H]1CCC[C@]2(C)[C@@H](C(C)(C)CO)CC[C@@H]12. The quantitative estimate of drug-likeness (QED) is 0.800. The smallest absolute Gasteiger partial charge is 0.302 e. The first-order valence-corrected chi connectivity index (χ1v) is 7.59. The van der Waals surface area contributed by atoms with Gasteiger partial charge in [0.25, 0.3) is 0 Å². The summed E-state index contributed by atoms with van der Waals surface area (Å²) in [6.45, 7) is 8.43. The van der Waals surface area contributed by atoms with Crippen LogP contribution >= 0.6 is 0 Å². The van der Waals surface area contributed by atoms with Crippen LogP contribution < -0.4 is 0 Å². The van der Waals surface area contributed by atoms with Crippen molar-refractivity contribution in [3.05, 3.63) is 0 Å². The summed E-state index contributed by atoms with van der Waals surface area (Å²) in [5.41, 5.74) is 0.173. The van der Waals surface area contributed by atoms with Gasteiger partial charge < -0.3 is 9.84 Å². The summed E-state index contributed by atoms with van der Waals surface area (Å²) in [4.78, 5) is 11.3. The minimum Gasteiger partial charge on any atom is -0.462 e. The molecule has 2 fully saturated rings. The van der Waals surface area contributed by atoms with Crippen molar-refractivity contribution >= 4 is 5.97 Å². The fourth-order valence-electron chi connectivity index (χ4n) is 4.87. The molecule has 3 heteroatoms. The molecule has 0 aromatic rings. The Balaban J connectivity index is 2.21. The number of esters is 1. The van der Waals surface area contributed by atoms with Crippen LogP contribution in [0, 0.1) is 22.7 Å². The Labute approximate surface area is 116 Å². The number of carbonyl (C=O) groups is 1. The highest BCUT2D eigenvalue weighted by Gasteiger charge is 2.56. The van der Waals surface area contributed by atoms with Crippen LogP contribution in [0.1, 0.15) is 59.8 Å². The minimum atomic E-state index is -0.154. The standard InChI is InChI=1S/C16H28O3/c1-11(18)19-13-6-5-9-16(4)12(13)7-8-14(16)15(2,3)10-17/h12-14,17H,5-10H2,1-4H3/t12-,13-,14+,16-/m0/s1. The Morgan fingerprint density at radius 3 is 2.63 bits per heavy atom. The summed E-state index contributed by atoms with van der Waals surface area (Å²) in [5.74, 6) is 0.841. The average Bonchev–Trinajstić information content (AvgIpc) is 2.67. The largest absolute Gasteiger partial charge is 0.462 e. The molecule has 2 aliphatic carbocycles. The predicted molar refractivity (Wildman–Crippen MR) is 74.6 cm³/mol. The Kier molecular flexibility index (Phi) is 3.97. The summed E-state index contributed by atoms with van der Waals surface area (Å²) in [7, 11) is 0. The monoisotopic (exact) mass is 268 g/mol. The second-order valence-corrected chi connectivity index (χ2v) is 7.43. The van der Waals surface area contributed by atoms with E-state index in [0.717, 1.165) is 25.7 Å². The van der Waals surface area contributed by atoms with E-state index in [4.69, 9.17) is 4.74 Å². The van der Waals surface area contributed by atoms with E-state index < -0.39 is 0 Å². The van der Waals surface area contributed by atoms with Gasteiger partial charge in [-0.05, 0) is 48.9 Å². The van der Waals surface area contributed by atoms with E-state index in [9.17, 15) is 9.90 Å². The summed E-state index contributed by atoms with van der Waals surface area (Å²) in [5, 5.41) is 9.69. The first-order valence-electron chi connectivity index (χ1n) is 7.59. The van der Waals surface area contributed by atoms with E-state index in [-0.39, 0.29) is 29.5 Å². The lowest BCUT2D eigenvalue weighted by molar-refractivity contribution is -0.156. The Hall–Kier alpha value is -0.570. The highest BCUT2D eigenvalue weighted by atomic mass is 16.5. The number of rotatable bonds is 3. The number of hydrogen-bond donors (Lipinski definition) is 1. The third-order valence-electron chi connectivity index (χ3n) is 5.73. The molecule has 0 amide bonds. The Morgan fingerprint density at radius 2 is 2.05 bits per heavy atom. The molecule has 3 nitrogen and oxygen atoms in total. The predicted octanol–water partition coefficient (Wildman–Crippen LogP) is 3.15. The van der Waals surface area contributed by atoms with Gasteiger partial charge in [0.15, 0.2) is 0 Å². The van der Waals surface area contributed by atoms with Gasteiger partial charge in [-0.2, -0.15) is 0 Å². The number of ether oxygens (including phenoxy) is 1. The second-order valence-electron chi connectivity index (χ2n) is 7.43. The van der Waals surface area contributed by atoms with E-state index in [2.05, 4.69) is 20.8 Å². The van der Waals surface area contributed by atoms with Crippen LogP contribution in [0.25, 0.3) is 0 Å². The normalized spacial score (nSPS) is 38.9. The molecule has 0 aromatic carbocycles. The van der Waals surface area contributed by atoms with E-state index >= 15 is 0 Å². The van der Waals surface area contributed by atoms with Gasteiger partial charge in [-0.15, -0.1) is 0 Å². The lowest BCUT2D eigenvalue weighted by atomic mass is 9.58. The van der Waals surface area contributed by atoms with Gasteiger partial charge in [0.1, 0.15) is 6.10 Å². The van der Waals surface area contributed by atoms with Crippen molar-refractivity contribution in [2.75, 3.05) is 6.61 Å². The minimum absolute atomic E-state index is 0.0401. The molecule has 0 heterocycles. The molecule has 1 N–H and O–H groups in total. The molecule has 0 unspecified atom stereocenters. The average molecular weight is 268 g/mol. The van der Waals surface area contributed by atoms with Crippen molar-refractivity contribution in [3.8, 4) is 0 Å². The van der Waals surface area contributed by atoms with Crippen LogP contribution in [-0.4, -0.2) is 23.8 Å². The molecular weight excluding hydrogens is 240 g/mol. The van der Waals surface area contributed by atoms with E-state index in [0.29, 0.717) is 11.8 Å². The fraction of sp³-hybridized carbons (Fsp3) is 0.938. The first-order chi connectivity index (χ1) is 8.81. The number of hydrogen-bond acceptors (Lipinski definition) is 3. The topological polar surface area (TPSA) is 46.5 Å². The fourth-order valence-corrected chi connectivity index (χ4v) is 4.87. The molecule has 4 atom stereocenters. The van der Waals surface area contributed by atoms with Crippen molar-refractivity contribution in [1.82, 2.24) is 0 Å². The molecule has 0 bridgehead atoms. The molecule has 2 aliphatic rings. The molecule has 2 saturated carbocycles. The summed E-state index contributed by atoms with van der Waals surface area (Å²) >= 11 is 0. The first kappa shape index (κ1) is 14.8. The molecule has 19 heavy (non-hydrogen) atoms. The number of fused-ring (bicyclic) bond motifs is 1. The zero-order valence-corrected chi connectivity index (χ0v) is 12.7. The molecule has 2 rings (SSSR count). The zero-order chi connectivity index (χ0) is 14.3. The van der Waals surface area contributed by atoms with Crippen LogP contribution in [-0.2, 0) is 9.53 Å². The summed E-state index contributed by atoms with van der Waals surface area (Å²) in [6.07, 6.45) is 5.70. The maximum Gasteiger partial charge on any atom is 0.302 e. The van der Waals surface area contributed by atoms with Crippen molar-refractivity contribution in [1.29, 1.82) is 0 Å². The van der Waals surface area contributed by atoms with Crippen molar-refractivity contribution in [2.45, 2.75) is 65.9 Å². The highest BCUT2D eigenvalue weighted by molar-refractivity contribution is 5.66. The lowest BCUT2D eigenvalue weighted by Crippen LogP contribution is -2.46. The van der Waals surface area contributed by atoms with Crippen LogP contribution in [0.5, 0.6) is 0 Å². The molecule has 0 radical (unpaired) electrons. The van der Waals surface area contributed by atoms with Crippen molar-refractivity contribution < 1.29 is 14.6 Å². The van der Waals surface area contributed by atoms with Gasteiger partial charge in [0.05, 0.1) is 0 Å². The van der Waals surface area contributed by atoms with Gasteiger partial charge in [0, 0.05) is 19.4 Å².